The zero-order valence-corrected chi connectivity index (χ0v) is 16.1. The van der Waals surface area contributed by atoms with Crippen molar-refractivity contribution in [1.29, 1.82) is 0 Å². The third-order valence-electron chi connectivity index (χ3n) is 2.54. The molecule has 0 radical (unpaired) electrons. The topological polar surface area (TPSA) is 110 Å². The van der Waals surface area contributed by atoms with Crippen LogP contribution in [0.4, 0.5) is 0 Å². The van der Waals surface area contributed by atoms with Crippen molar-refractivity contribution in [2.24, 2.45) is 0 Å². The molecule has 7 nitrogen and oxygen atoms in total. The van der Waals surface area contributed by atoms with Crippen LogP contribution >= 0.6 is 0 Å². The first-order chi connectivity index (χ1) is 10.3. The van der Waals surface area contributed by atoms with Crippen LogP contribution < -0.4 is 29.6 Å². The standard InChI is InChI=1S/C14H18O7S.Na/c1-3-5-20-13(15)10-7-11(14(16)21-6-4-2)9-12(8-10)22(17,18)19;/h7-9H,3-6H2,1-2H3,(H,17,18,19);/q;+1/p-1. The third-order valence-corrected chi connectivity index (χ3v) is 3.35. The van der Waals surface area contributed by atoms with E-state index in [2.05, 4.69) is 0 Å². The molecule has 0 aromatic heterocycles. The second-order valence-electron chi connectivity index (χ2n) is 4.47. The van der Waals surface area contributed by atoms with Gasteiger partial charge in [0.25, 0.3) is 0 Å². The molecule has 0 amide bonds. The minimum Gasteiger partial charge on any atom is -0.744 e. The number of esters is 2. The van der Waals surface area contributed by atoms with Gasteiger partial charge in [0.15, 0.2) is 0 Å². The van der Waals surface area contributed by atoms with Crippen LogP contribution in [-0.2, 0) is 19.6 Å². The van der Waals surface area contributed by atoms with Crippen LogP contribution in [0.3, 0.4) is 0 Å². The van der Waals surface area contributed by atoms with E-state index in [1.807, 2.05) is 0 Å². The molecule has 0 heterocycles. The zero-order valence-electron chi connectivity index (χ0n) is 13.3. The molecule has 1 aromatic rings. The smallest absolute Gasteiger partial charge is 0.744 e. The van der Waals surface area contributed by atoms with E-state index < -0.39 is 27.0 Å². The summed E-state index contributed by atoms with van der Waals surface area (Å²) in [6, 6.07) is 2.92. The average molecular weight is 352 g/mol. The first kappa shape index (κ1) is 22.1. The molecule has 0 spiro atoms. The van der Waals surface area contributed by atoms with Crippen molar-refractivity contribution >= 4 is 22.1 Å². The largest absolute Gasteiger partial charge is 1.00 e. The molecule has 1 aromatic carbocycles. The molecule has 1 rings (SSSR count). The number of hydrogen-bond donors (Lipinski definition) is 0. The first-order valence-corrected chi connectivity index (χ1v) is 8.15. The van der Waals surface area contributed by atoms with E-state index in [0.29, 0.717) is 12.8 Å². The van der Waals surface area contributed by atoms with Crippen molar-refractivity contribution in [3.05, 3.63) is 29.3 Å². The van der Waals surface area contributed by atoms with Gasteiger partial charge in [-0.3, -0.25) is 0 Å². The molecule has 0 aliphatic rings. The van der Waals surface area contributed by atoms with Crippen LogP contribution in [0.5, 0.6) is 0 Å². The van der Waals surface area contributed by atoms with Crippen molar-refractivity contribution in [3.8, 4) is 0 Å². The van der Waals surface area contributed by atoms with E-state index in [1.165, 1.54) is 0 Å². The summed E-state index contributed by atoms with van der Waals surface area (Å²) in [5.41, 5.74) is -0.373. The fourth-order valence-corrected chi connectivity index (χ4v) is 2.08. The van der Waals surface area contributed by atoms with Gasteiger partial charge in [-0.25, -0.2) is 18.0 Å². The second-order valence-corrected chi connectivity index (χ2v) is 5.85. The van der Waals surface area contributed by atoms with E-state index in [9.17, 15) is 22.6 Å². The van der Waals surface area contributed by atoms with Gasteiger partial charge >= 0.3 is 41.5 Å². The molecule has 0 bridgehead atoms. The minimum absolute atomic E-state index is 0. The quantitative estimate of drug-likeness (QED) is 0.342. The second kappa shape index (κ2) is 10.0. The van der Waals surface area contributed by atoms with Gasteiger partial charge in [-0.1, -0.05) is 13.8 Å². The van der Waals surface area contributed by atoms with Crippen molar-refractivity contribution < 1.29 is 61.6 Å². The maximum atomic E-state index is 11.8. The van der Waals surface area contributed by atoms with Crippen LogP contribution in [0.15, 0.2) is 23.1 Å². The number of hydrogen-bond acceptors (Lipinski definition) is 7. The summed E-state index contributed by atoms with van der Waals surface area (Å²) in [6.07, 6.45) is 1.16. The number of carbonyl (C=O) groups is 2. The predicted molar refractivity (Wildman–Crippen MR) is 75.6 cm³/mol. The summed E-state index contributed by atoms with van der Waals surface area (Å²) >= 11 is 0. The summed E-state index contributed by atoms with van der Waals surface area (Å²) in [4.78, 5) is 22.9. The van der Waals surface area contributed by atoms with Gasteiger partial charge in [0.05, 0.1) is 29.2 Å². The molecule has 0 saturated carbocycles. The van der Waals surface area contributed by atoms with E-state index in [0.717, 1.165) is 18.2 Å². The van der Waals surface area contributed by atoms with Crippen molar-refractivity contribution in [2.75, 3.05) is 13.2 Å². The molecule has 0 atom stereocenters. The van der Waals surface area contributed by atoms with E-state index >= 15 is 0 Å². The summed E-state index contributed by atoms with van der Waals surface area (Å²) in [5.74, 6) is -1.62. The summed E-state index contributed by atoms with van der Waals surface area (Å²) in [6.45, 7) is 3.87. The Bertz CT molecular complexity index is 617. The molecule has 0 N–H and O–H groups in total. The Morgan fingerprint density at radius 2 is 1.35 bits per heavy atom. The van der Waals surface area contributed by atoms with Crippen LogP contribution in [0.2, 0.25) is 0 Å². The predicted octanol–water partition coefficient (Wildman–Crippen LogP) is -1.27. The maximum absolute atomic E-state index is 11.8. The Hall–Kier alpha value is -0.930. The Morgan fingerprint density at radius 1 is 0.957 bits per heavy atom. The van der Waals surface area contributed by atoms with Gasteiger partial charge in [0.2, 0.25) is 0 Å². The van der Waals surface area contributed by atoms with Crippen LogP contribution in [0.25, 0.3) is 0 Å². The fourth-order valence-electron chi connectivity index (χ4n) is 1.54. The summed E-state index contributed by atoms with van der Waals surface area (Å²) < 4.78 is 43.2. The van der Waals surface area contributed by atoms with Crippen LogP contribution in [-0.4, -0.2) is 38.1 Å². The molecule has 0 unspecified atom stereocenters. The molecule has 0 aliphatic heterocycles. The van der Waals surface area contributed by atoms with Crippen molar-refractivity contribution in [2.45, 2.75) is 31.6 Å². The summed E-state index contributed by atoms with van der Waals surface area (Å²) in [5, 5.41) is 0. The Balaban J connectivity index is 0.00000484. The SMILES string of the molecule is CCCOC(=O)c1cc(C(=O)OCCC)cc(S(=O)(=O)[O-])c1.[Na+]. The first-order valence-electron chi connectivity index (χ1n) is 6.74. The molecular formula is C14H17NaO7S. The zero-order chi connectivity index (χ0) is 16.8. The fraction of sp³-hybridized carbons (Fsp3) is 0.429. The number of benzene rings is 1. The Morgan fingerprint density at radius 3 is 1.65 bits per heavy atom. The number of ether oxygens (including phenoxy) is 2. The molecule has 122 valence electrons. The number of rotatable bonds is 7. The molecule has 0 fully saturated rings. The van der Waals surface area contributed by atoms with E-state index in [1.54, 1.807) is 13.8 Å². The van der Waals surface area contributed by atoms with Crippen molar-refractivity contribution in [3.63, 3.8) is 0 Å². The Labute approximate surface area is 157 Å². The van der Waals surface area contributed by atoms with E-state index in [-0.39, 0.29) is 53.9 Å². The molecule has 9 heteroatoms. The molecule has 23 heavy (non-hydrogen) atoms. The molecule has 0 saturated heterocycles. The van der Waals surface area contributed by atoms with Gasteiger partial charge in [0.1, 0.15) is 10.1 Å². The Kier molecular flexibility index (Phi) is 9.64. The van der Waals surface area contributed by atoms with Gasteiger partial charge in [-0.15, -0.1) is 0 Å². The van der Waals surface area contributed by atoms with Gasteiger partial charge in [-0.2, -0.15) is 0 Å². The maximum Gasteiger partial charge on any atom is 1.00 e. The van der Waals surface area contributed by atoms with Crippen LogP contribution in [0, 0.1) is 0 Å². The van der Waals surface area contributed by atoms with Crippen LogP contribution in [0.1, 0.15) is 47.4 Å². The van der Waals surface area contributed by atoms with Gasteiger partial charge in [0, 0.05) is 0 Å². The normalized spacial score (nSPS) is 10.6. The molecular weight excluding hydrogens is 335 g/mol. The van der Waals surface area contributed by atoms with Gasteiger partial charge < -0.3 is 14.0 Å². The van der Waals surface area contributed by atoms with Crippen molar-refractivity contribution in [1.82, 2.24) is 0 Å². The minimum atomic E-state index is -4.82. The third kappa shape index (κ3) is 7.01. The average Bonchev–Trinajstić information content (AvgIpc) is 2.48. The molecule has 0 aliphatic carbocycles. The van der Waals surface area contributed by atoms with E-state index in [4.69, 9.17) is 9.47 Å². The number of carbonyl (C=O) groups excluding carboxylic acids is 2. The monoisotopic (exact) mass is 352 g/mol. The summed E-state index contributed by atoms with van der Waals surface area (Å²) in [7, 11) is -4.82. The van der Waals surface area contributed by atoms with Gasteiger partial charge in [-0.05, 0) is 31.0 Å².